The third-order valence-corrected chi connectivity index (χ3v) is 4.16. The highest BCUT2D eigenvalue weighted by Gasteiger charge is 2.19. The summed E-state index contributed by atoms with van der Waals surface area (Å²) in [5, 5.41) is 15.0. The topological polar surface area (TPSA) is 53.6 Å². The van der Waals surface area contributed by atoms with E-state index in [-0.39, 0.29) is 0 Å². The summed E-state index contributed by atoms with van der Waals surface area (Å²) in [6.07, 6.45) is 5.27. The first kappa shape index (κ1) is 13.3. The monoisotopic (exact) mass is 270 g/mol. The largest absolute Gasteiger partial charge is 0.308 e. The maximum atomic E-state index is 4.30. The van der Waals surface area contributed by atoms with E-state index < -0.39 is 0 Å². The smallest absolute Gasteiger partial charge is 0.117 e. The van der Waals surface area contributed by atoms with Crippen LogP contribution in [-0.4, -0.2) is 21.5 Å². The lowest BCUT2D eigenvalue weighted by Crippen LogP contribution is -2.33. The third kappa shape index (κ3) is 3.07. The van der Waals surface area contributed by atoms with E-state index in [2.05, 4.69) is 39.8 Å². The minimum absolute atomic E-state index is 0.624. The molecule has 2 N–H and O–H groups in total. The van der Waals surface area contributed by atoms with Crippen molar-refractivity contribution in [2.24, 2.45) is 5.92 Å². The molecule has 4 nitrogen and oxygen atoms in total. The van der Waals surface area contributed by atoms with Crippen molar-refractivity contribution in [1.82, 2.24) is 20.7 Å². The molecule has 0 aliphatic heterocycles. The molecular formula is C16H22N4. The van der Waals surface area contributed by atoms with E-state index in [0.717, 1.165) is 29.4 Å². The fourth-order valence-corrected chi connectivity index (χ4v) is 3.06. The number of hydrogen-bond donors (Lipinski definition) is 2. The number of nitrogens with zero attached hydrogens (tertiary/aromatic N) is 2. The van der Waals surface area contributed by atoms with Crippen LogP contribution in [0, 0.1) is 5.92 Å². The summed E-state index contributed by atoms with van der Waals surface area (Å²) < 4.78 is 0. The average Bonchev–Trinajstić information content (AvgIpc) is 2.95. The number of aromatic amines is 1. The van der Waals surface area contributed by atoms with Gasteiger partial charge in [-0.3, -0.25) is 0 Å². The van der Waals surface area contributed by atoms with Gasteiger partial charge < -0.3 is 5.32 Å². The zero-order valence-electron chi connectivity index (χ0n) is 12.0. The number of benzene rings is 1. The van der Waals surface area contributed by atoms with Gasteiger partial charge in [0.15, 0.2) is 0 Å². The van der Waals surface area contributed by atoms with Gasteiger partial charge in [0.1, 0.15) is 11.4 Å². The van der Waals surface area contributed by atoms with Crippen molar-refractivity contribution < 1.29 is 0 Å². The van der Waals surface area contributed by atoms with Crippen LogP contribution in [0.2, 0.25) is 0 Å². The van der Waals surface area contributed by atoms with E-state index in [1.807, 2.05) is 18.2 Å². The molecule has 2 atom stereocenters. The Morgan fingerprint density at radius 2 is 2.05 bits per heavy atom. The van der Waals surface area contributed by atoms with E-state index in [0.29, 0.717) is 6.04 Å². The number of aromatic nitrogens is 3. The van der Waals surface area contributed by atoms with E-state index in [4.69, 9.17) is 0 Å². The molecule has 0 spiro atoms. The number of hydrogen-bond acceptors (Lipinski definition) is 3. The van der Waals surface area contributed by atoms with Crippen LogP contribution in [0.15, 0.2) is 30.3 Å². The van der Waals surface area contributed by atoms with Crippen LogP contribution in [0.25, 0.3) is 11.3 Å². The minimum atomic E-state index is 0.624. The first-order valence-electron chi connectivity index (χ1n) is 7.51. The molecule has 2 aromatic rings. The summed E-state index contributed by atoms with van der Waals surface area (Å²) in [5.74, 6) is 0.840. The SMILES string of the molecule is CC1CCCC(NCc2n[nH]nc2-c2ccccc2)C1. The van der Waals surface area contributed by atoms with Crippen molar-refractivity contribution in [2.45, 2.75) is 45.2 Å². The summed E-state index contributed by atoms with van der Waals surface area (Å²) in [4.78, 5) is 0. The fraction of sp³-hybridized carbons (Fsp3) is 0.500. The molecule has 3 rings (SSSR count). The lowest BCUT2D eigenvalue weighted by molar-refractivity contribution is 0.300. The molecule has 0 amide bonds. The summed E-state index contributed by atoms with van der Waals surface area (Å²) in [6.45, 7) is 3.14. The van der Waals surface area contributed by atoms with Crippen LogP contribution < -0.4 is 5.32 Å². The standard InChI is InChI=1S/C16H22N4/c1-12-6-5-9-14(10-12)17-11-15-16(19-20-18-15)13-7-3-2-4-8-13/h2-4,7-8,12,14,17H,5-6,9-11H2,1H3,(H,18,19,20). The molecule has 1 aliphatic carbocycles. The Kier molecular flexibility index (Phi) is 4.11. The van der Waals surface area contributed by atoms with Crippen LogP contribution >= 0.6 is 0 Å². The molecule has 2 unspecified atom stereocenters. The molecule has 106 valence electrons. The Morgan fingerprint density at radius 3 is 2.85 bits per heavy atom. The van der Waals surface area contributed by atoms with E-state index in [9.17, 15) is 0 Å². The molecule has 1 aromatic heterocycles. The van der Waals surface area contributed by atoms with Gasteiger partial charge in [-0.2, -0.15) is 15.4 Å². The molecule has 1 aliphatic rings. The lowest BCUT2D eigenvalue weighted by Gasteiger charge is -2.27. The number of nitrogens with one attached hydrogen (secondary N) is 2. The highest BCUT2D eigenvalue weighted by Crippen LogP contribution is 2.24. The van der Waals surface area contributed by atoms with Gasteiger partial charge in [0, 0.05) is 18.2 Å². The summed E-state index contributed by atoms with van der Waals surface area (Å²) in [5.41, 5.74) is 3.09. The quantitative estimate of drug-likeness (QED) is 0.897. The number of H-pyrrole nitrogens is 1. The summed E-state index contributed by atoms with van der Waals surface area (Å²) in [6, 6.07) is 10.9. The van der Waals surface area contributed by atoms with Crippen molar-refractivity contribution in [1.29, 1.82) is 0 Å². The van der Waals surface area contributed by atoms with E-state index >= 15 is 0 Å². The van der Waals surface area contributed by atoms with Crippen molar-refractivity contribution in [2.75, 3.05) is 0 Å². The van der Waals surface area contributed by atoms with Gasteiger partial charge >= 0.3 is 0 Å². The predicted molar refractivity (Wildman–Crippen MR) is 80.1 cm³/mol. The molecule has 1 fully saturated rings. The van der Waals surface area contributed by atoms with Gasteiger partial charge in [-0.25, -0.2) is 0 Å². The Labute approximate surface area is 120 Å². The average molecular weight is 270 g/mol. The molecule has 0 saturated heterocycles. The second-order valence-electron chi connectivity index (χ2n) is 5.83. The van der Waals surface area contributed by atoms with Crippen LogP contribution in [0.4, 0.5) is 0 Å². The highest BCUT2D eigenvalue weighted by atomic mass is 15.3. The first-order chi connectivity index (χ1) is 9.83. The van der Waals surface area contributed by atoms with Crippen LogP contribution in [-0.2, 0) is 6.54 Å². The van der Waals surface area contributed by atoms with Crippen molar-refractivity contribution >= 4 is 0 Å². The molecule has 1 aromatic carbocycles. The Hall–Kier alpha value is -1.68. The Balaban J connectivity index is 1.65. The lowest BCUT2D eigenvalue weighted by atomic mass is 9.87. The molecule has 1 heterocycles. The zero-order chi connectivity index (χ0) is 13.8. The molecule has 1 saturated carbocycles. The second-order valence-corrected chi connectivity index (χ2v) is 5.83. The van der Waals surface area contributed by atoms with Gasteiger partial charge in [0.05, 0.1) is 0 Å². The molecule has 20 heavy (non-hydrogen) atoms. The van der Waals surface area contributed by atoms with Gasteiger partial charge in [0.25, 0.3) is 0 Å². The minimum Gasteiger partial charge on any atom is -0.308 e. The van der Waals surface area contributed by atoms with Crippen LogP contribution in [0.1, 0.15) is 38.3 Å². The molecule has 4 heteroatoms. The van der Waals surface area contributed by atoms with Crippen molar-refractivity contribution in [3.8, 4) is 11.3 Å². The van der Waals surface area contributed by atoms with E-state index in [1.54, 1.807) is 0 Å². The van der Waals surface area contributed by atoms with Crippen LogP contribution in [0.3, 0.4) is 0 Å². The molecule has 0 bridgehead atoms. The van der Waals surface area contributed by atoms with Crippen molar-refractivity contribution in [3.05, 3.63) is 36.0 Å². The normalized spacial score (nSPS) is 22.9. The maximum absolute atomic E-state index is 4.30. The van der Waals surface area contributed by atoms with Crippen LogP contribution in [0.5, 0.6) is 0 Å². The summed E-state index contributed by atoms with van der Waals surface area (Å²) >= 11 is 0. The Morgan fingerprint density at radius 1 is 1.20 bits per heavy atom. The first-order valence-corrected chi connectivity index (χ1v) is 7.51. The summed E-state index contributed by atoms with van der Waals surface area (Å²) in [7, 11) is 0. The predicted octanol–water partition coefficient (Wildman–Crippen LogP) is 3.14. The fourth-order valence-electron chi connectivity index (χ4n) is 3.06. The Bertz CT molecular complexity index is 534. The van der Waals surface area contributed by atoms with Gasteiger partial charge in [0.2, 0.25) is 0 Å². The van der Waals surface area contributed by atoms with E-state index in [1.165, 1.54) is 25.7 Å². The van der Waals surface area contributed by atoms with Gasteiger partial charge in [-0.1, -0.05) is 50.1 Å². The van der Waals surface area contributed by atoms with Crippen molar-refractivity contribution in [3.63, 3.8) is 0 Å². The van der Waals surface area contributed by atoms with Gasteiger partial charge in [-0.15, -0.1) is 0 Å². The van der Waals surface area contributed by atoms with Gasteiger partial charge in [-0.05, 0) is 18.8 Å². The molecular weight excluding hydrogens is 248 g/mol. The third-order valence-electron chi connectivity index (χ3n) is 4.16. The second kappa shape index (κ2) is 6.18. The highest BCUT2D eigenvalue weighted by molar-refractivity contribution is 5.60. The number of rotatable bonds is 4. The zero-order valence-corrected chi connectivity index (χ0v) is 12.0. The maximum Gasteiger partial charge on any atom is 0.117 e. The molecule has 0 radical (unpaired) electrons.